The summed E-state index contributed by atoms with van der Waals surface area (Å²) in [6.07, 6.45) is 4.18. The number of guanidine groups is 1. The van der Waals surface area contributed by atoms with Crippen molar-refractivity contribution in [3.05, 3.63) is 23.0 Å². The third kappa shape index (κ3) is 7.69. The first-order chi connectivity index (χ1) is 10.1. The Bertz CT molecular complexity index is 451. The fraction of sp³-hybridized carbons (Fsp3) is 0.667. The summed E-state index contributed by atoms with van der Waals surface area (Å²) >= 11 is 6.00. The van der Waals surface area contributed by atoms with Crippen molar-refractivity contribution in [2.45, 2.75) is 26.3 Å². The molecule has 0 amide bonds. The Morgan fingerprint density at radius 1 is 1.45 bits per heavy atom. The predicted molar refractivity (Wildman–Crippen MR) is 104 cm³/mol. The van der Waals surface area contributed by atoms with Crippen LogP contribution in [0.15, 0.2) is 17.3 Å². The summed E-state index contributed by atoms with van der Waals surface area (Å²) in [5, 5.41) is 4.06. The maximum atomic E-state index is 6.00. The zero-order valence-corrected chi connectivity index (χ0v) is 17.0. The van der Waals surface area contributed by atoms with Crippen LogP contribution in [0.4, 0.5) is 0 Å². The molecule has 1 aromatic rings. The van der Waals surface area contributed by atoms with E-state index in [1.165, 1.54) is 0 Å². The Labute approximate surface area is 156 Å². The number of aryl methyl sites for hydroxylation is 1. The molecule has 7 heteroatoms. The van der Waals surface area contributed by atoms with E-state index in [0.717, 1.165) is 49.2 Å². The van der Waals surface area contributed by atoms with Crippen LogP contribution in [0.3, 0.4) is 0 Å². The average molecular weight is 443 g/mol. The Balaban J connectivity index is 0.00000441. The Kier molecular flexibility index (Phi) is 11.8. The lowest BCUT2D eigenvalue weighted by Crippen LogP contribution is -2.40. The Morgan fingerprint density at radius 3 is 2.73 bits per heavy atom. The molecular formula is C15H28ClIN4O. The molecule has 1 heterocycles. The molecule has 1 N–H and O–H groups in total. The number of rotatable bonds is 8. The van der Waals surface area contributed by atoms with E-state index in [0.29, 0.717) is 6.61 Å². The van der Waals surface area contributed by atoms with Crippen molar-refractivity contribution in [2.24, 2.45) is 12.0 Å². The van der Waals surface area contributed by atoms with Gasteiger partial charge in [-0.05, 0) is 12.5 Å². The molecule has 0 bridgehead atoms. The predicted octanol–water partition coefficient (Wildman–Crippen LogP) is 3.12. The van der Waals surface area contributed by atoms with Gasteiger partial charge in [-0.25, -0.2) is 0 Å². The first-order valence-corrected chi connectivity index (χ1v) is 7.76. The van der Waals surface area contributed by atoms with E-state index in [2.05, 4.69) is 22.1 Å². The zero-order valence-electron chi connectivity index (χ0n) is 13.9. The molecule has 0 fully saturated rings. The van der Waals surface area contributed by atoms with Crippen molar-refractivity contribution in [1.82, 2.24) is 14.8 Å². The highest BCUT2D eigenvalue weighted by molar-refractivity contribution is 14.0. The van der Waals surface area contributed by atoms with Gasteiger partial charge in [0.25, 0.3) is 0 Å². The van der Waals surface area contributed by atoms with Crippen LogP contribution in [0, 0.1) is 0 Å². The van der Waals surface area contributed by atoms with E-state index in [4.69, 9.17) is 16.3 Å². The average Bonchev–Trinajstić information content (AvgIpc) is 2.76. The Morgan fingerprint density at radius 2 is 2.18 bits per heavy atom. The summed E-state index contributed by atoms with van der Waals surface area (Å²) in [4.78, 5) is 6.36. The van der Waals surface area contributed by atoms with Gasteiger partial charge in [0.05, 0.1) is 18.2 Å². The van der Waals surface area contributed by atoms with Crippen LogP contribution in [0.25, 0.3) is 0 Å². The van der Waals surface area contributed by atoms with E-state index < -0.39 is 0 Å². The number of aromatic nitrogens is 1. The molecule has 0 aliphatic heterocycles. The Hall–Kier alpha value is -0.470. The largest absolute Gasteiger partial charge is 0.380 e. The second-order valence-corrected chi connectivity index (χ2v) is 5.49. The van der Waals surface area contributed by atoms with E-state index in [1.54, 1.807) is 7.05 Å². The molecule has 0 aromatic carbocycles. The fourth-order valence-corrected chi connectivity index (χ4v) is 2.28. The van der Waals surface area contributed by atoms with Gasteiger partial charge >= 0.3 is 0 Å². The summed E-state index contributed by atoms with van der Waals surface area (Å²) in [7, 11) is 5.79. The van der Waals surface area contributed by atoms with Crippen molar-refractivity contribution >= 4 is 41.5 Å². The molecule has 0 radical (unpaired) electrons. The third-order valence-corrected chi connectivity index (χ3v) is 3.43. The molecule has 0 saturated heterocycles. The number of hydrogen-bond donors (Lipinski definition) is 1. The number of unbranched alkanes of at least 4 members (excludes halogenated alkanes) is 1. The maximum Gasteiger partial charge on any atom is 0.193 e. The molecule has 0 spiro atoms. The van der Waals surface area contributed by atoms with Crippen LogP contribution in [0.5, 0.6) is 0 Å². The van der Waals surface area contributed by atoms with Gasteiger partial charge in [-0.1, -0.05) is 24.9 Å². The van der Waals surface area contributed by atoms with Crippen molar-refractivity contribution in [3.63, 3.8) is 0 Å². The summed E-state index contributed by atoms with van der Waals surface area (Å²) in [5.41, 5.74) is 1.14. The number of hydrogen-bond acceptors (Lipinski definition) is 2. The van der Waals surface area contributed by atoms with Crippen LogP contribution >= 0.6 is 35.6 Å². The normalized spacial score (nSPS) is 11.2. The topological polar surface area (TPSA) is 41.8 Å². The number of ether oxygens (including phenoxy) is 1. The third-order valence-electron chi connectivity index (χ3n) is 3.22. The highest BCUT2D eigenvalue weighted by Crippen LogP contribution is 2.14. The molecular weight excluding hydrogens is 415 g/mol. The standard InChI is InChI=1S/C15H27ClN4O.HI/c1-5-6-8-21-9-7-18-15(17-2)20(4)12-14-10-13(16)11-19(14)3;/h10-11H,5-9,12H2,1-4H3,(H,17,18);1H. The van der Waals surface area contributed by atoms with Gasteiger partial charge in [0.1, 0.15) is 0 Å². The summed E-state index contributed by atoms with van der Waals surface area (Å²) in [6, 6.07) is 1.97. The number of nitrogens with zero attached hydrogens (tertiary/aromatic N) is 3. The van der Waals surface area contributed by atoms with Gasteiger partial charge in [-0.3, -0.25) is 4.99 Å². The number of nitrogens with one attached hydrogen (secondary N) is 1. The lowest BCUT2D eigenvalue weighted by Gasteiger charge is -2.22. The monoisotopic (exact) mass is 442 g/mol. The molecule has 0 atom stereocenters. The number of aliphatic imine (C=N–C) groups is 1. The first-order valence-electron chi connectivity index (χ1n) is 7.38. The quantitative estimate of drug-likeness (QED) is 0.291. The van der Waals surface area contributed by atoms with E-state index in [9.17, 15) is 0 Å². The first kappa shape index (κ1) is 21.5. The lowest BCUT2D eigenvalue weighted by molar-refractivity contribution is 0.135. The van der Waals surface area contributed by atoms with Crippen molar-refractivity contribution < 1.29 is 4.74 Å². The van der Waals surface area contributed by atoms with Crippen LogP contribution in [0.1, 0.15) is 25.5 Å². The molecule has 1 aromatic heterocycles. The van der Waals surface area contributed by atoms with Gasteiger partial charge in [0, 0.05) is 46.2 Å². The molecule has 1 rings (SSSR count). The van der Waals surface area contributed by atoms with E-state index in [1.807, 2.05) is 30.9 Å². The molecule has 0 aliphatic carbocycles. The van der Waals surface area contributed by atoms with Crippen molar-refractivity contribution in [2.75, 3.05) is 33.9 Å². The minimum Gasteiger partial charge on any atom is -0.380 e. The lowest BCUT2D eigenvalue weighted by atomic mass is 10.4. The van der Waals surface area contributed by atoms with E-state index in [-0.39, 0.29) is 24.0 Å². The van der Waals surface area contributed by atoms with Crippen molar-refractivity contribution in [1.29, 1.82) is 0 Å². The summed E-state index contributed by atoms with van der Waals surface area (Å²) in [6.45, 7) is 5.19. The zero-order chi connectivity index (χ0) is 15.7. The van der Waals surface area contributed by atoms with Gasteiger partial charge in [-0.2, -0.15) is 0 Å². The molecule has 0 unspecified atom stereocenters. The SMILES string of the molecule is CCCCOCCNC(=NC)N(C)Cc1cc(Cl)cn1C.I. The van der Waals surface area contributed by atoms with Crippen LogP contribution < -0.4 is 5.32 Å². The highest BCUT2D eigenvalue weighted by Gasteiger charge is 2.09. The summed E-state index contributed by atoms with van der Waals surface area (Å²) < 4.78 is 7.56. The van der Waals surface area contributed by atoms with E-state index >= 15 is 0 Å². The van der Waals surface area contributed by atoms with Crippen LogP contribution in [-0.2, 0) is 18.3 Å². The maximum absolute atomic E-state index is 6.00. The molecule has 22 heavy (non-hydrogen) atoms. The smallest absolute Gasteiger partial charge is 0.193 e. The summed E-state index contributed by atoms with van der Waals surface area (Å²) in [5.74, 6) is 0.853. The molecule has 128 valence electrons. The van der Waals surface area contributed by atoms with Gasteiger partial charge in [-0.15, -0.1) is 24.0 Å². The fourth-order valence-electron chi connectivity index (χ4n) is 2.01. The van der Waals surface area contributed by atoms with Crippen LogP contribution in [0.2, 0.25) is 5.02 Å². The molecule has 0 aliphatic rings. The second kappa shape index (κ2) is 12.0. The van der Waals surface area contributed by atoms with Crippen LogP contribution in [-0.4, -0.2) is 49.3 Å². The van der Waals surface area contributed by atoms with Gasteiger partial charge in [0.2, 0.25) is 0 Å². The number of halogens is 2. The van der Waals surface area contributed by atoms with Crippen molar-refractivity contribution in [3.8, 4) is 0 Å². The van der Waals surface area contributed by atoms with Gasteiger partial charge < -0.3 is 19.5 Å². The highest BCUT2D eigenvalue weighted by atomic mass is 127. The minimum atomic E-state index is 0. The minimum absolute atomic E-state index is 0. The molecule has 5 nitrogen and oxygen atoms in total. The van der Waals surface area contributed by atoms with Gasteiger partial charge in [0.15, 0.2) is 5.96 Å². The second-order valence-electron chi connectivity index (χ2n) is 5.06. The molecule has 0 saturated carbocycles.